The van der Waals surface area contributed by atoms with Crippen LogP contribution < -0.4 is 10.1 Å². The number of fused-ring (bicyclic) bond motifs is 1. The van der Waals surface area contributed by atoms with Gasteiger partial charge in [0.25, 0.3) is 0 Å². The van der Waals surface area contributed by atoms with Gasteiger partial charge in [-0.15, -0.1) is 0 Å². The van der Waals surface area contributed by atoms with Gasteiger partial charge in [-0.2, -0.15) is 0 Å². The van der Waals surface area contributed by atoms with Crippen LogP contribution in [0, 0.1) is 5.82 Å². The van der Waals surface area contributed by atoms with Crippen molar-refractivity contribution in [1.29, 1.82) is 0 Å². The van der Waals surface area contributed by atoms with Gasteiger partial charge in [0.05, 0.1) is 0 Å². The molecule has 1 aromatic rings. The molecule has 1 aromatic carbocycles. The summed E-state index contributed by atoms with van der Waals surface area (Å²) in [4.78, 5) is 0. The molecule has 1 atom stereocenters. The predicted octanol–water partition coefficient (Wildman–Crippen LogP) is 2.29. The lowest BCUT2D eigenvalue weighted by atomic mass is 10.1. The molecule has 0 bridgehead atoms. The van der Waals surface area contributed by atoms with Crippen LogP contribution in [0.2, 0.25) is 0 Å². The van der Waals surface area contributed by atoms with Crippen molar-refractivity contribution in [3.8, 4) is 5.75 Å². The van der Waals surface area contributed by atoms with Crippen LogP contribution in [-0.2, 0) is 6.42 Å². The molecule has 1 aliphatic heterocycles. The van der Waals surface area contributed by atoms with E-state index in [-0.39, 0.29) is 11.9 Å². The van der Waals surface area contributed by atoms with Gasteiger partial charge in [-0.1, -0.05) is 12.2 Å². The molecule has 2 nitrogen and oxygen atoms in total. The molecule has 0 aliphatic carbocycles. The normalized spacial score (nSPS) is 18.0. The number of benzene rings is 1. The lowest BCUT2D eigenvalue weighted by molar-refractivity contribution is 0.229. The molecule has 0 radical (unpaired) electrons. The van der Waals surface area contributed by atoms with E-state index in [4.69, 9.17) is 4.74 Å². The minimum absolute atomic E-state index is 0.108. The van der Waals surface area contributed by atoms with E-state index >= 15 is 0 Å². The summed E-state index contributed by atoms with van der Waals surface area (Å²) in [5, 5.41) is 3.26. The van der Waals surface area contributed by atoms with Crippen molar-refractivity contribution < 1.29 is 9.13 Å². The summed E-state index contributed by atoms with van der Waals surface area (Å²) in [5.41, 5.74) is 2.06. The fraction of sp³-hybridized carbons (Fsp3) is 0.385. The van der Waals surface area contributed by atoms with Crippen LogP contribution in [0.5, 0.6) is 5.75 Å². The standard InChI is InChI=1S/C13H16FNO/c1-9(2)7-15-8-12-6-10-5-11(14)3-4-13(10)16-12/h3-5,12,15H,1,6-8H2,2H3. The van der Waals surface area contributed by atoms with Crippen LogP contribution in [-0.4, -0.2) is 19.2 Å². The average molecular weight is 221 g/mol. The highest BCUT2D eigenvalue weighted by atomic mass is 19.1. The van der Waals surface area contributed by atoms with E-state index in [2.05, 4.69) is 11.9 Å². The van der Waals surface area contributed by atoms with E-state index in [1.54, 1.807) is 12.1 Å². The monoisotopic (exact) mass is 221 g/mol. The van der Waals surface area contributed by atoms with Gasteiger partial charge in [-0.3, -0.25) is 0 Å². The van der Waals surface area contributed by atoms with Gasteiger partial charge in [0.15, 0.2) is 0 Å². The minimum atomic E-state index is -0.196. The Labute approximate surface area is 95.1 Å². The third-order valence-electron chi connectivity index (χ3n) is 2.56. The summed E-state index contributed by atoms with van der Waals surface area (Å²) in [6.45, 7) is 7.36. The zero-order valence-electron chi connectivity index (χ0n) is 9.42. The van der Waals surface area contributed by atoms with Crippen LogP contribution in [0.15, 0.2) is 30.4 Å². The molecule has 86 valence electrons. The number of hydrogen-bond acceptors (Lipinski definition) is 2. The summed E-state index contributed by atoms with van der Waals surface area (Å²) < 4.78 is 18.6. The maximum atomic E-state index is 13.0. The Hall–Kier alpha value is -1.35. The van der Waals surface area contributed by atoms with Gasteiger partial charge in [-0.25, -0.2) is 4.39 Å². The lowest BCUT2D eigenvalue weighted by Gasteiger charge is -2.11. The van der Waals surface area contributed by atoms with Crippen molar-refractivity contribution >= 4 is 0 Å². The van der Waals surface area contributed by atoms with Crippen molar-refractivity contribution in [2.75, 3.05) is 13.1 Å². The van der Waals surface area contributed by atoms with Gasteiger partial charge in [0.2, 0.25) is 0 Å². The highest BCUT2D eigenvalue weighted by Crippen LogP contribution is 2.28. The first-order valence-electron chi connectivity index (χ1n) is 5.45. The maximum Gasteiger partial charge on any atom is 0.123 e. The average Bonchev–Trinajstić information content (AvgIpc) is 2.58. The lowest BCUT2D eigenvalue weighted by Crippen LogP contribution is -2.30. The van der Waals surface area contributed by atoms with E-state index in [9.17, 15) is 4.39 Å². The molecule has 0 aromatic heterocycles. The van der Waals surface area contributed by atoms with Gasteiger partial charge >= 0.3 is 0 Å². The Balaban J connectivity index is 1.88. The Morgan fingerprint density at radius 1 is 1.62 bits per heavy atom. The van der Waals surface area contributed by atoms with Crippen molar-refractivity contribution in [3.63, 3.8) is 0 Å². The minimum Gasteiger partial charge on any atom is -0.488 e. The molecule has 16 heavy (non-hydrogen) atoms. The van der Waals surface area contributed by atoms with Gasteiger partial charge in [0.1, 0.15) is 17.7 Å². The SMILES string of the molecule is C=C(C)CNCC1Cc2cc(F)ccc2O1. The van der Waals surface area contributed by atoms with E-state index in [0.717, 1.165) is 36.4 Å². The second-order valence-corrected chi connectivity index (χ2v) is 4.28. The summed E-state index contributed by atoms with van der Waals surface area (Å²) in [6.07, 6.45) is 0.882. The fourth-order valence-electron chi connectivity index (χ4n) is 1.85. The molecule has 0 amide bonds. The number of rotatable bonds is 4. The molecule has 1 unspecified atom stereocenters. The summed E-state index contributed by atoms with van der Waals surface area (Å²) in [5.74, 6) is 0.612. The fourth-order valence-corrected chi connectivity index (χ4v) is 1.85. The van der Waals surface area contributed by atoms with Crippen LogP contribution >= 0.6 is 0 Å². The predicted molar refractivity (Wildman–Crippen MR) is 62.2 cm³/mol. The first kappa shape index (κ1) is 11.1. The second kappa shape index (κ2) is 4.66. The third-order valence-corrected chi connectivity index (χ3v) is 2.56. The summed E-state index contributed by atoms with van der Waals surface area (Å²) in [6, 6.07) is 4.68. The Morgan fingerprint density at radius 3 is 3.19 bits per heavy atom. The Bertz CT molecular complexity index is 403. The molecular weight excluding hydrogens is 205 g/mol. The topological polar surface area (TPSA) is 21.3 Å². The number of hydrogen-bond donors (Lipinski definition) is 1. The van der Waals surface area contributed by atoms with Gasteiger partial charge in [0, 0.05) is 25.1 Å². The molecule has 0 saturated heterocycles. The summed E-state index contributed by atoms with van der Waals surface area (Å²) in [7, 11) is 0. The van der Waals surface area contributed by atoms with E-state index in [1.165, 1.54) is 6.07 Å². The Kier molecular flexibility index (Phi) is 3.25. The van der Waals surface area contributed by atoms with E-state index in [1.807, 2.05) is 6.92 Å². The molecule has 3 heteroatoms. The Morgan fingerprint density at radius 2 is 2.44 bits per heavy atom. The molecule has 1 aliphatic rings. The van der Waals surface area contributed by atoms with Crippen molar-refractivity contribution in [1.82, 2.24) is 5.32 Å². The third kappa shape index (κ3) is 2.61. The first-order valence-corrected chi connectivity index (χ1v) is 5.45. The number of ether oxygens (including phenoxy) is 1. The van der Waals surface area contributed by atoms with E-state index in [0.29, 0.717) is 0 Å². The first-order chi connectivity index (χ1) is 7.65. The zero-order chi connectivity index (χ0) is 11.5. The highest BCUT2D eigenvalue weighted by Gasteiger charge is 2.22. The second-order valence-electron chi connectivity index (χ2n) is 4.28. The maximum absolute atomic E-state index is 13.0. The van der Waals surface area contributed by atoms with Gasteiger partial charge < -0.3 is 10.1 Å². The molecule has 0 saturated carbocycles. The zero-order valence-corrected chi connectivity index (χ0v) is 9.42. The van der Waals surface area contributed by atoms with Crippen molar-refractivity contribution in [2.45, 2.75) is 19.4 Å². The van der Waals surface area contributed by atoms with Gasteiger partial charge in [-0.05, 0) is 25.1 Å². The highest BCUT2D eigenvalue weighted by molar-refractivity contribution is 5.37. The summed E-state index contributed by atoms with van der Waals surface area (Å²) >= 11 is 0. The molecule has 1 N–H and O–H groups in total. The molecule has 1 heterocycles. The van der Waals surface area contributed by atoms with Crippen molar-refractivity contribution in [2.24, 2.45) is 0 Å². The smallest absolute Gasteiger partial charge is 0.123 e. The molecule has 0 fully saturated rings. The van der Waals surface area contributed by atoms with Crippen LogP contribution in [0.4, 0.5) is 4.39 Å². The molecule has 0 spiro atoms. The number of halogens is 1. The van der Waals surface area contributed by atoms with Crippen LogP contribution in [0.1, 0.15) is 12.5 Å². The largest absolute Gasteiger partial charge is 0.488 e. The van der Waals surface area contributed by atoms with Crippen LogP contribution in [0.3, 0.4) is 0 Å². The number of nitrogens with one attached hydrogen (secondary N) is 1. The molecular formula is C13H16FNO. The van der Waals surface area contributed by atoms with Crippen molar-refractivity contribution in [3.05, 3.63) is 41.7 Å². The van der Waals surface area contributed by atoms with E-state index < -0.39 is 0 Å². The van der Waals surface area contributed by atoms with Crippen LogP contribution in [0.25, 0.3) is 0 Å². The molecule has 2 rings (SSSR count). The quantitative estimate of drug-likeness (QED) is 0.788.